The third kappa shape index (κ3) is 3.41. The molecule has 1 aromatic heterocycles. The second-order valence-electron chi connectivity index (χ2n) is 6.94. The average Bonchev–Trinajstić information content (AvgIpc) is 2.97. The summed E-state index contributed by atoms with van der Waals surface area (Å²) in [5, 5.41) is 1.15. The fraction of sp³-hybridized carbons (Fsp3) is 0.474. The van der Waals surface area contributed by atoms with E-state index < -0.39 is 6.04 Å². The van der Waals surface area contributed by atoms with Crippen LogP contribution in [0.1, 0.15) is 29.1 Å². The van der Waals surface area contributed by atoms with E-state index >= 15 is 0 Å². The van der Waals surface area contributed by atoms with Gasteiger partial charge in [-0.15, -0.1) is 11.3 Å². The first-order valence-electron chi connectivity index (χ1n) is 8.72. The Morgan fingerprint density at radius 3 is 2.28 bits per heavy atom. The minimum Gasteiger partial charge on any atom is -0.338 e. The van der Waals surface area contributed by atoms with Crippen molar-refractivity contribution in [3.05, 3.63) is 34.7 Å². The molecule has 2 N–H and O–H groups in total. The maximum atomic E-state index is 12.9. The number of rotatable bonds is 3. The Kier molecular flexibility index (Phi) is 5.11. The zero-order valence-corrected chi connectivity index (χ0v) is 15.8. The summed E-state index contributed by atoms with van der Waals surface area (Å²) in [5.41, 5.74) is 7.02. The van der Waals surface area contributed by atoms with E-state index in [1.807, 2.05) is 43.9 Å². The molecule has 1 fully saturated rings. The van der Waals surface area contributed by atoms with Crippen LogP contribution in [0.3, 0.4) is 0 Å². The number of amides is 2. The molecule has 134 valence electrons. The Hall–Kier alpha value is -1.92. The van der Waals surface area contributed by atoms with Crippen LogP contribution in [0.25, 0.3) is 10.1 Å². The van der Waals surface area contributed by atoms with Gasteiger partial charge < -0.3 is 15.5 Å². The number of fused-ring (bicyclic) bond motifs is 1. The van der Waals surface area contributed by atoms with E-state index in [1.54, 1.807) is 16.2 Å². The highest BCUT2D eigenvalue weighted by molar-refractivity contribution is 7.21. The van der Waals surface area contributed by atoms with Crippen LogP contribution >= 0.6 is 11.3 Å². The summed E-state index contributed by atoms with van der Waals surface area (Å²) in [6.07, 6.45) is 0. The quantitative estimate of drug-likeness (QED) is 0.915. The molecular formula is C19H25N3O2S. The van der Waals surface area contributed by atoms with Crippen LogP contribution in [0.5, 0.6) is 0 Å². The lowest BCUT2D eigenvalue weighted by atomic mass is 10.0. The summed E-state index contributed by atoms with van der Waals surface area (Å²) in [5.74, 6) is 0.174. The summed E-state index contributed by atoms with van der Waals surface area (Å²) < 4.78 is 1.14. The zero-order chi connectivity index (χ0) is 18.1. The number of hydrogen-bond donors (Lipinski definition) is 1. The SMILES string of the molecule is Cc1c(C(=O)N2CCN(C(=O)[C@@H](N)C(C)C)CC2)sc2ccccc12. The van der Waals surface area contributed by atoms with E-state index in [0.29, 0.717) is 26.2 Å². The molecule has 2 amide bonds. The van der Waals surface area contributed by atoms with Crippen LogP contribution in [0, 0.1) is 12.8 Å². The number of aryl methyl sites for hydroxylation is 1. The van der Waals surface area contributed by atoms with Crippen LogP contribution in [0.4, 0.5) is 0 Å². The maximum Gasteiger partial charge on any atom is 0.264 e. The van der Waals surface area contributed by atoms with E-state index in [0.717, 1.165) is 20.5 Å². The minimum absolute atomic E-state index is 0.0138. The third-order valence-corrected chi connectivity index (χ3v) is 6.18. The van der Waals surface area contributed by atoms with Gasteiger partial charge in [-0.1, -0.05) is 32.0 Å². The zero-order valence-electron chi connectivity index (χ0n) is 15.0. The first kappa shape index (κ1) is 17.9. The van der Waals surface area contributed by atoms with E-state index in [4.69, 9.17) is 5.73 Å². The molecule has 1 aromatic carbocycles. The molecule has 0 aliphatic carbocycles. The molecule has 1 aliphatic rings. The Labute approximate surface area is 152 Å². The maximum absolute atomic E-state index is 12.9. The Morgan fingerprint density at radius 1 is 1.08 bits per heavy atom. The number of benzene rings is 1. The van der Waals surface area contributed by atoms with Crippen LogP contribution < -0.4 is 5.73 Å². The Morgan fingerprint density at radius 2 is 1.68 bits per heavy atom. The Bertz CT molecular complexity index is 791. The molecule has 0 radical (unpaired) electrons. The third-order valence-electron chi connectivity index (χ3n) is 4.92. The van der Waals surface area contributed by atoms with Crippen molar-refractivity contribution >= 4 is 33.2 Å². The summed E-state index contributed by atoms with van der Waals surface area (Å²) >= 11 is 1.55. The highest BCUT2D eigenvalue weighted by Crippen LogP contribution is 2.31. The normalized spacial score (nSPS) is 16.5. The van der Waals surface area contributed by atoms with Crippen LogP contribution in [-0.4, -0.2) is 53.8 Å². The average molecular weight is 359 g/mol. The predicted octanol–water partition coefficient (Wildman–Crippen LogP) is 2.48. The molecule has 6 heteroatoms. The summed E-state index contributed by atoms with van der Waals surface area (Å²) in [6.45, 7) is 8.13. The predicted molar refractivity (Wildman–Crippen MR) is 102 cm³/mol. The number of hydrogen-bond acceptors (Lipinski definition) is 4. The number of carbonyl (C=O) groups is 2. The van der Waals surface area contributed by atoms with Crippen molar-refractivity contribution in [1.29, 1.82) is 0 Å². The van der Waals surface area contributed by atoms with Gasteiger partial charge >= 0.3 is 0 Å². The number of thiophene rings is 1. The molecule has 0 bridgehead atoms. The van der Waals surface area contributed by atoms with Gasteiger partial charge in [0.2, 0.25) is 5.91 Å². The monoisotopic (exact) mass is 359 g/mol. The molecule has 0 saturated carbocycles. The molecule has 25 heavy (non-hydrogen) atoms. The van der Waals surface area contributed by atoms with Crippen LogP contribution in [-0.2, 0) is 4.79 Å². The van der Waals surface area contributed by atoms with Gasteiger partial charge in [-0.05, 0) is 29.9 Å². The van der Waals surface area contributed by atoms with Crippen LogP contribution in [0.15, 0.2) is 24.3 Å². The smallest absolute Gasteiger partial charge is 0.264 e. The van der Waals surface area contributed by atoms with Crippen molar-refractivity contribution in [3.8, 4) is 0 Å². The molecule has 3 rings (SSSR count). The molecule has 1 atom stereocenters. The second kappa shape index (κ2) is 7.14. The van der Waals surface area contributed by atoms with Crippen molar-refractivity contribution in [2.24, 2.45) is 11.7 Å². The minimum atomic E-state index is -0.466. The van der Waals surface area contributed by atoms with Crippen molar-refractivity contribution in [1.82, 2.24) is 9.80 Å². The first-order chi connectivity index (χ1) is 11.9. The van der Waals surface area contributed by atoms with Gasteiger partial charge in [0.15, 0.2) is 0 Å². The highest BCUT2D eigenvalue weighted by Gasteiger charge is 2.29. The van der Waals surface area contributed by atoms with Gasteiger partial charge in [0.25, 0.3) is 5.91 Å². The highest BCUT2D eigenvalue weighted by atomic mass is 32.1. The Balaban J connectivity index is 1.69. The molecule has 0 spiro atoms. The lowest BCUT2D eigenvalue weighted by molar-refractivity contribution is -0.135. The summed E-state index contributed by atoms with van der Waals surface area (Å²) in [4.78, 5) is 29.7. The van der Waals surface area contributed by atoms with E-state index in [2.05, 4.69) is 6.07 Å². The van der Waals surface area contributed by atoms with Gasteiger partial charge in [-0.3, -0.25) is 9.59 Å². The van der Waals surface area contributed by atoms with Crippen molar-refractivity contribution < 1.29 is 9.59 Å². The standard InChI is InChI=1S/C19H25N3O2S/c1-12(2)16(20)18(23)21-8-10-22(11-9-21)19(24)17-13(3)14-6-4-5-7-15(14)25-17/h4-7,12,16H,8-11,20H2,1-3H3/t16-/m0/s1. The van der Waals surface area contributed by atoms with Crippen molar-refractivity contribution in [2.45, 2.75) is 26.8 Å². The molecule has 0 unspecified atom stereocenters. The second-order valence-corrected chi connectivity index (χ2v) is 7.99. The number of nitrogens with two attached hydrogens (primary N) is 1. The molecule has 2 heterocycles. The van der Waals surface area contributed by atoms with Crippen molar-refractivity contribution in [3.63, 3.8) is 0 Å². The molecular weight excluding hydrogens is 334 g/mol. The van der Waals surface area contributed by atoms with Crippen molar-refractivity contribution in [2.75, 3.05) is 26.2 Å². The van der Waals surface area contributed by atoms with E-state index in [-0.39, 0.29) is 17.7 Å². The van der Waals surface area contributed by atoms with E-state index in [9.17, 15) is 9.59 Å². The lowest BCUT2D eigenvalue weighted by Crippen LogP contribution is -2.55. The molecule has 1 aliphatic heterocycles. The van der Waals surface area contributed by atoms with Gasteiger partial charge in [0.05, 0.1) is 10.9 Å². The summed E-state index contributed by atoms with van der Waals surface area (Å²) in [7, 11) is 0. The molecule has 1 saturated heterocycles. The van der Waals surface area contributed by atoms with Gasteiger partial charge in [0, 0.05) is 30.9 Å². The topological polar surface area (TPSA) is 66.6 Å². The molecule has 5 nitrogen and oxygen atoms in total. The van der Waals surface area contributed by atoms with Gasteiger partial charge in [0.1, 0.15) is 0 Å². The molecule has 2 aromatic rings. The first-order valence-corrected chi connectivity index (χ1v) is 9.53. The summed E-state index contributed by atoms with van der Waals surface area (Å²) in [6, 6.07) is 7.63. The lowest BCUT2D eigenvalue weighted by Gasteiger charge is -2.36. The largest absolute Gasteiger partial charge is 0.338 e. The number of nitrogens with zero attached hydrogens (tertiary/aromatic N) is 2. The van der Waals surface area contributed by atoms with E-state index in [1.165, 1.54) is 0 Å². The fourth-order valence-electron chi connectivity index (χ4n) is 3.15. The van der Waals surface area contributed by atoms with Gasteiger partial charge in [-0.2, -0.15) is 0 Å². The number of carbonyl (C=O) groups excluding carboxylic acids is 2. The van der Waals surface area contributed by atoms with Gasteiger partial charge in [-0.25, -0.2) is 0 Å². The van der Waals surface area contributed by atoms with Crippen LogP contribution in [0.2, 0.25) is 0 Å². The fourth-order valence-corrected chi connectivity index (χ4v) is 4.32. The number of piperazine rings is 1.